The zero-order valence-corrected chi connectivity index (χ0v) is 34.8. The van der Waals surface area contributed by atoms with Crippen LogP contribution >= 0.6 is 0 Å². The number of benzene rings is 4. The molecule has 61 heavy (non-hydrogen) atoms. The lowest BCUT2D eigenvalue weighted by atomic mass is 9.96. The summed E-state index contributed by atoms with van der Waals surface area (Å²) in [5.74, 6) is -2.48. The molecule has 0 aliphatic heterocycles. The molecule has 0 aliphatic rings. The number of hydrogen-bond acceptors (Lipinski definition) is 9. The highest BCUT2D eigenvalue weighted by atomic mass is 16.5. The maximum Gasteiger partial charge on any atom is 0.408 e. The van der Waals surface area contributed by atoms with E-state index in [1.165, 1.54) is 6.33 Å². The summed E-state index contributed by atoms with van der Waals surface area (Å²) in [6, 6.07) is 27.8. The molecule has 0 bridgehead atoms. The van der Waals surface area contributed by atoms with Gasteiger partial charge >= 0.3 is 12.1 Å². The molecule has 5 rings (SSSR count). The Morgan fingerprint density at radius 2 is 1.38 bits per heavy atom. The molecule has 14 nitrogen and oxygen atoms in total. The normalized spacial score (nSPS) is 13.6. The molecule has 0 spiro atoms. The third-order valence-electron chi connectivity index (χ3n) is 10.1. The van der Waals surface area contributed by atoms with Gasteiger partial charge in [0, 0.05) is 19.0 Å². The predicted molar refractivity (Wildman–Crippen MR) is 231 cm³/mol. The van der Waals surface area contributed by atoms with Crippen LogP contribution in [0.1, 0.15) is 62.4 Å². The average Bonchev–Trinajstić information content (AvgIpc) is 3.77. The van der Waals surface area contributed by atoms with Gasteiger partial charge in [0.25, 0.3) is 0 Å². The Labute approximate surface area is 356 Å². The summed E-state index contributed by atoms with van der Waals surface area (Å²) in [5, 5.41) is 24.5. The lowest BCUT2D eigenvalue weighted by Crippen LogP contribution is -2.57. The average molecular weight is 833 g/mol. The van der Waals surface area contributed by atoms with Crippen LogP contribution in [0, 0.1) is 5.92 Å². The number of aliphatic hydroxyl groups is 1. The molecular weight excluding hydrogens is 777 g/mol. The van der Waals surface area contributed by atoms with E-state index in [2.05, 4.69) is 31.2 Å². The highest BCUT2D eigenvalue weighted by Crippen LogP contribution is 2.21. The number of hydrogen-bond donors (Lipinski definition) is 6. The zero-order valence-electron chi connectivity index (χ0n) is 34.8. The van der Waals surface area contributed by atoms with E-state index < -0.39 is 66.5 Å². The summed E-state index contributed by atoms with van der Waals surface area (Å²) >= 11 is 0. The maximum atomic E-state index is 14.3. The number of rotatable bonds is 22. The highest BCUT2D eigenvalue weighted by molar-refractivity contribution is 5.93. The number of nitrogens with zero attached hydrogens (tertiary/aromatic N) is 1. The summed E-state index contributed by atoms with van der Waals surface area (Å²) in [6.07, 6.45) is 1.58. The van der Waals surface area contributed by atoms with Crippen molar-refractivity contribution >= 4 is 40.6 Å². The van der Waals surface area contributed by atoms with E-state index >= 15 is 0 Å². The first kappa shape index (κ1) is 45.5. The largest absolute Gasteiger partial charge is 0.464 e. The van der Waals surface area contributed by atoms with E-state index in [-0.39, 0.29) is 44.8 Å². The number of alkyl carbamates (subject to hydrolysis) is 1. The summed E-state index contributed by atoms with van der Waals surface area (Å²) in [4.78, 5) is 75.1. The lowest BCUT2D eigenvalue weighted by Gasteiger charge is -2.29. The number of aromatic nitrogens is 2. The number of carbonyl (C=O) groups is 5. The fraction of sp³-hybridized carbons (Fsp3) is 0.362. The van der Waals surface area contributed by atoms with Crippen molar-refractivity contribution in [3.8, 4) is 0 Å². The van der Waals surface area contributed by atoms with Crippen molar-refractivity contribution in [3.63, 3.8) is 0 Å². The van der Waals surface area contributed by atoms with Crippen LogP contribution in [-0.4, -0.2) is 81.7 Å². The van der Waals surface area contributed by atoms with Crippen LogP contribution in [0.2, 0.25) is 0 Å². The molecule has 4 amide bonds. The number of aryl methyl sites for hydroxylation is 1. The van der Waals surface area contributed by atoms with Crippen LogP contribution in [-0.2, 0) is 54.5 Å². The fourth-order valence-electron chi connectivity index (χ4n) is 7.04. The number of aliphatic hydroxyl groups excluding tert-OH is 1. The second-order valence-electron chi connectivity index (χ2n) is 15.3. The molecule has 322 valence electrons. The lowest BCUT2D eigenvalue weighted by molar-refractivity contribution is -0.147. The number of imidazole rings is 1. The molecule has 5 atom stereocenters. The molecule has 1 aromatic heterocycles. The SMILES string of the molecule is CCOC(=O)C(CCc1ccccc1)NC(=O)C[C@H](O)[C@H](CC(C)C)NC(=O)[C@H](Cc1c[nH]cn1)NC(=O)[C@H](Cc1cccc2ccccc12)NC(=O)OCc1ccccc1. The second-order valence-corrected chi connectivity index (χ2v) is 15.3. The van der Waals surface area contributed by atoms with E-state index in [1.54, 1.807) is 13.1 Å². The van der Waals surface area contributed by atoms with Crippen LogP contribution in [0.4, 0.5) is 4.79 Å². The standard InChI is InChI=1S/C47H56N6O8/c1-4-60-46(58)38(23-22-32-14-7-5-8-15-32)50-43(55)27-42(54)39(24-31(2)3)51-45(57)41(26-36-28-48-30-49-36)52-44(56)40(53-47(59)61-29-33-16-9-6-10-17-33)25-35-20-13-19-34-18-11-12-21-37(34)35/h5-21,28,30-31,38-42,54H,4,22-27,29H2,1-3H3,(H,48,49)(H,50,55)(H,51,57)(H,52,56)(H,53,59)/t38?,39-,40-,41-,42-/m0/s1. The van der Waals surface area contributed by atoms with E-state index in [9.17, 15) is 29.1 Å². The van der Waals surface area contributed by atoms with Gasteiger partial charge < -0.3 is 40.8 Å². The number of amides is 4. The van der Waals surface area contributed by atoms with Gasteiger partial charge in [-0.1, -0.05) is 117 Å². The van der Waals surface area contributed by atoms with E-state index in [0.29, 0.717) is 12.1 Å². The third kappa shape index (κ3) is 14.6. The Morgan fingerprint density at radius 3 is 2.07 bits per heavy atom. The van der Waals surface area contributed by atoms with Crippen molar-refractivity contribution in [2.75, 3.05) is 6.61 Å². The number of carbonyl (C=O) groups excluding carboxylic acids is 5. The monoisotopic (exact) mass is 832 g/mol. The van der Waals surface area contributed by atoms with Crippen molar-refractivity contribution in [2.24, 2.45) is 5.92 Å². The number of H-pyrrole nitrogens is 1. The summed E-state index contributed by atoms with van der Waals surface area (Å²) in [7, 11) is 0. The summed E-state index contributed by atoms with van der Waals surface area (Å²) < 4.78 is 10.7. The van der Waals surface area contributed by atoms with Crippen molar-refractivity contribution in [2.45, 2.75) is 96.2 Å². The Bertz CT molecular complexity index is 2160. The van der Waals surface area contributed by atoms with Gasteiger partial charge in [0.05, 0.1) is 37.2 Å². The Balaban J connectivity index is 1.32. The zero-order chi connectivity index (χ0) is 43.6. The number of nitrogens with one attached hydrogen (secondary N) is 5. The van der Waals surface area contributed by atoms with Gasteiger partial charge in [-0.25, -0.2) is 14.6 Å². The Morgan fingerprint density at radius 1 is 0.721 bits per heavy atom. The molecule has 14 heteroatoms. The van der Waals surface area contributed by atoms with E-state index in [0.717, 1.165) is 27.5 Å². The topological polar surface area (TPSA) is 201 Å². The quantitative estimate of drug-likeness (QED) is 0.0514. The van der Waals surface area contributed by atoms with Crippen molar-refractivity contribution in [1.29, 1.82) is 0 Å². The van der Waals surface area contributed by atoms with Gasteiger partial charge in [0.1, 0.15) is 24.7 Å². The first-order valence-corrected chi connectivity index (χ1v) is 20.7. The smallest absolute Gasteiger partial charge is 0.408 e. The van der Waals surface area contributed by atoms with Gasteiger partial charge in [-0.15, -0.1) is 0 Å². The number of ether oxygens (including phenoxy) is 2. The molecule has 1 unspecified atom stereocenters. The van der Waals surface area contributed by atoms with Gasteiger partial charge in [-0.3, -0.25) is 14.4 Å². The van der Waals surface area contributed by atoms with Gasteiger partial charge in [0.15, 0.2) is 0 Å². The minimum absolute atomic E-state index is 0.0169. The van der Waals surface area contributed by atoms with Crippen molar-refractivity contribution in [3.05, 3.63) is 138 Å². The third-order valence-corrected chi connectivity index (χ3v) is 10.1. The van der Waals surface area contributed by atoms with Gasteiger partial charge in [-0.2, -0.15) is 0 Å². The number of aromatic amines is 1. The Hall–Kier alpha value is -6.54. The van der Waals surface area contributed by atoms with Gasteiger partial charge in [0.2, 0.25) is 17.7 Å². The Kier molecular flexibility index (Phi) is 17.4. The number of fused-ring (bicyclic) bond motifs is 1. The molecule has 0 saturated heterocycles. The minimum atomic E-state index is -1.36. The first-order chi connectivity index (χ1) is 29.5. The molecule has 1 heterocycles. The summed E-state index contributed by atoms with van der Waals surface area (Å²) in [5.41, 5.74) is 3.02. The molecule has 6 N–H and O–H groups in total. The van der Waals surface area contributed by atoms with E-state index in [1.807, 2.05) is 117 Å². The van der Waals surface area contributed by atoms with Crippen LogP contribution in [0.5, 0.6) is 0 Å². The molecule has 0 fully saturated rings. The van der Waals surface area contributed by atoms with Crippen LogP contribution < -0.4 is 21.3 Å². The van der Waals surface area contributed by atoms with Crippen LogP contribution in [0.3, 0.4) is 0 Å². The predicted octanol–water partition coefficient (Wildman–Crippen LogP) is 5.09. The van der Waals surface area contributed by atoms with Crippen LogP contribution in [0.15, 0.2) is 116 Å². The van der Waals surface area contributed by atoms with Crippen LogP contribution in [0.25, 0.3) is 10.8 Å². The molecule has 4 aromatic carbocycles. The number of esters is 1. The first-order valence-electron chi connectivity index (χ1n) is 20.7. The molecule has 0 saturated carbocycles. The highest BCUT2D eigenvalue weighted by Gasteiger charge is 2.33. The minimum Gasteiger partial charge on any atom is -0.464 e. The molecule has 0 radical (unpaired) electrons. The summed E-state index contributed by atoms with van der Waals surface area (Å²) in [6.45, 7) is 5.62. The molecular formula is C47H56N6O8. The maximum absolute atomic E-state index is 14.3. The van der Waals surface area contributed by atoms with E-state index in [4.69, 9.17) is 9.47 Å². The molecule has 5 aromatic rings. The van der Waals surface area contributed by atoms with Crippen molar-refractivity contribution < 1.29 is 38.6 Å². The second kappa shape index (κ2) is 23.3. The molecule has 0 aliphatic carbocycles. The van der Waals surface area contributed by atoms with Gasteiger partial charge in [-0.05, 0) is 59.6 Å². The van der Waals surface area contributed by atoms with Crippen molar-refractivity contribution in [1.82, 2.24) is 31.2 Å². The fourth-order valence-corrected chi connectivity index (χ4v) is 7.04.